The first-order valence-electron chi connectivity index (χ1n) is 3.80. The molecular weight excluding hydrogens is 251 g/mol. The van der Waals surface area contributed by atoms with Crippen molar-refractivity contribution in [3.05, 3.63) is 23.2 Å². The van der Waals surface area contributed by atoms with E-state index >= 15 is 0 Å². The molecule has 15 heavy (non-hydrogen) atoms. The van der Waals surface area contributed by atoms with Gasteiger partial charge in [-0.2, -0.15) is 13.2 Å². The van der Waals surface area contributed by atoms with Crippen LogP contribution in [0, 0.1) is 0 Å². The van der Waals surface area contributed by atoms with Gasteiger partial charge in [0, 0.05) is 4.90 Å². The van der Waals surface area contributed by atoms with Crippen molar-refractivity contribution in [2.45, 2.75) is 11.1 Å². The smallest absolute Gasteiger partial charge is 0.398 e. The van der Waals surface area contributed by atoms with Gasteiger partial charge in [0.25, 0.3) is 0 Å². The minimum atomic E-state index is -4.46. The number of nitrogens with two attached hydrogens (primary N) is 1. The zero-order valence-electron chi connectivity index (χ0n) is 7.34. The van der Waals surface area contributed by atoms with E-state index in [2.05, 4.69) is 0 Å². The third-order valence-electron chi connectivity index (χ3n) is 1.53. The number of alkyl halides is 3. The predicted molar refractivity (Wildman–Crippen MR) is 53.2 cm³/mol. The molecule has 2 nitrogen and oxygen atoms in total. The predicted octanol–water partition coefficient (Wildman–Crippen LogP) is 2.59. The molecule has 2 N–H and O–H groups in total. The van der Waals surface area contributed by atoms with Crippen molar-refractivity contribution in [2.24, 2.45) is 0 Å². The van der Waals surface area contributed by atoms with Crippen LogP contribution >= 0.6 is 11.6 Å². The number of nitrogen functional groups attached to an aromatic ring is 1. The first kappa shape index (κ1) is 12.3. The Morgan fingerprint density at radius 3 is 2.47 bits per heavy atom. The number of anilines is 1. The lowest BCUT2D eigenvalue weighted by Gasteiger charge is -2.07. The van der Waals surface area contributed by atoms with Crippen LogP contribution in [0.2, 0.25) is 5.02 Å². The summed E-state index contributed by atoms with van der Waals surface area (Å²) >= 11 is 5.59. The Labute approximate surface area is 91.7 Å². The van der Waals surface area contributed by atoms with Crippen LogP contribution in [0.25, 0.3) is 0 Å². The van der Waals surface area contributed by atoms with E-state index in [1.54, 1.807) is 0 Å². The van der Waals surface area contributed by atoms with E-state index in [1.807, 2.05) is 0 Å². The second-order valence-electron chi connectivity index (χ2n) is 2.79. The fourth-order valence-corrected chi connectivity index (χ4v) is 2.06. The first-order chi connectivity index (χ1) is 6.79. The lowest BCUT2D eigenvalue weighted by molar-refractivity contribution is -0.105. The van der Waals surface area contributed by atoms with Crippen molar-refractivity contribution in [2.75, 3.05) is 11.5 Å². The average molecular weight is 258 g/mol. The van der Waals surface area contributed by atoms with Gasteiger partial charge >= 0.3 is 6.18 Å². The van der Waals surface area contributed by atoms with E-state index in [0.717, 1.165) is 0 Å². The van der Waals surface area contributed by atoms with Crippen LogP contribution in [0.1, 0.15) is 0 Å². The summed E-state index contributed by atoms with van der Waals surface area (Å²) in [6, 6.07) is 3.77. The maximum absolute atomic E-state index is 11.9. The van der Waals surface area contributed by atoms with Gasteiger partial charge < -0.3 is 5.73 Å². The zero-order chi connectivity index (χ0) is 11.6. The van der Waals surface area contributed by atoms with Crippen LogP contribution in [0.3, 0.4) is 0 Å². The van der Waals surface area contributed by atoms with Crippen molar-refractivity contribution in [3.63, 3.8) is 0 Å². The lowest BCUT2D eigenvalue weighted by atomic mass is 10.3. The standard InChI is InChI=1S/C8H7ClF3NOS/c9-6-3-5(1-2-7(6)13)15(14)4-8(10,11)12/h1-3H,4,13H2. The second-order valence-corrected chi connectivity index (χ2v) is 4.65. The molecule has 1 aromatic carbocycles. The summed E-state index contributed by atoms with van der Waals surface area (Å²) in [6.07, 6.45) is -4.46. The molecule has 7 heteroatoms. The summed E-state index contributed by atoms with van der Waals surface area (Å²) in [5.41, 5.74) is 5.60. The van der Waals surface area contributed by atoms with Gasteiger partial charge in [-0.15, -0.1) is 0 Å². The van der Waals surface area contributed by atoms with Gasteiger partial charge in [0.05, 0.1) is 21.5 Å². The van der Waals surface area contributed by atoms with Crippen LogP contribution in [0.4, 0.5) is 18.9 Å². The van der Waals surface area contributed by atoms with Crippen molar-refractivity contribution in [1.82, 2.24) is 0 Å². The molecule has 1 atom stereocenters. The van der Waals surface area contributed by atoms with Gasteiger partial charge in [-0.3, -0.25) is 4.21 Å². The quantitative estimate of drug-likeness (QED) is 0.828. The van der Waals surface area contributed by atoms with Crippen LogP contribution in [-0.4, -0.2) is 16.1 Å². The minimum absolute atomic E-state index is 0.0199. The molecule has 0 aliphatic rings. The van der Waals surface area contributed by atoms with Gasteiger partial charge in [-0.1, -0.05) is 11.6 Å². The number of hydrogen-bond acceptors (Lipinski definition) is 2. The highest BCUT2D eigenvalue weighted by molar-refractivity contribution is 7.85. The Morgan fingerprint density at radius 2 is 2.00 bits per heavy atom. The highest BCUT2D eigenvalue weighted by Crippen LogP contribution is 2.24. The average Bonchev–Trinajstić information content (AvgIpc) is 2.06. The molecular formula is C8H7ClF3NOS. The van der Waals surface area contributed by atoms with Crippen molar-refractivity contribution < 1.29 is 17.4 Å². The number of halogens is 4. The Kier molecular flexibility index (Phi) is 3.62. The molecule has 84 valence electrons. The monoisotopic (exact) mass is 257 g/mol. The van der Waals surface area contributed by atoms with E-state index in [-0.39, 0.29) is 15.6 Å². The topological polar surface area (TPSA) is 43.1 Å². The van der Waals surface area contributed by atoms with E-state index < -0.39 is 22.7 Å². The SMILES string of the molecule is Nc1ccc(S(=O)CC(F)(F)F)cc1Cl. The summed E-state index contributed by atoms with van der Waals surface area (Å²) < 4.78 is 47.0. The fraction of sp³-hybridized carbons (Fsp3) is 0.250. The third kappa shape index (κ3) is 3.71. The molecule has 0 spiro atoms. The van der Waals surface area contributed by atoms with Gasteiger partial charge in [0.2, 0.25) is 0 Å². The number of hydrogen-bond donors (Lipinski definition) is 1. The molecule has 0 aliphatic carbocycles. The highest BCUT2D eigenvalue weighted by Gasteiger charge is 2.31. The Bertz CT molecular complexity index is 394. The normalized spacial score (nSPS) is 13.9. The summed E-state index contributed by atoms with van der Waals surface area (Å²) in [5.74, 6) is -1.38. The maximum Gasteiger partial charge on any atom is 0.400 e. The molecule has 1 aromatic rings. The highest BCUT2D eigenvalue weighted by atomic mass is 35.5. The second kappa shape index (κ2) is 4.40. The lowest BCUT2D eigenvalue weighted by Crippen LogP contribution is -2.18. The molecule has 0 aromatic heterocycles. The van der Waals surface area contributed by atoms with E-state index in [9.17, 15) is 17.4 Å². The van der Waals surface area contributed by atoms with Crippen molar-refractivity contribution >= 4 is 28.1 Å². The van der Waals surface area contributed by atoms with Crippen LogP contribution in [0.15, 0.2) is 23.1 Å². The molecule has 0 fully saturated rings. The zero-order valence-corrected chi connectivity index (χ0v) is 8.92. The molecule has 1 rings (SSSR count). The van der Waals surface area contributed by atoms with Crippen LogP contribution < -0.4 is 5.73 Å². The molecule has 0 saturated carbocycles. The first-order valence-corrected chi connectivity index (χ1v) is 5.49. The van der Waals surface area contributed by atoms with Gasteiger partial charge in [0.1, 0.15) is 5.75 Å². The van der Waals surface area contributed by atoms with Gasteiger partial charge in [-0.25, -0.2) is 0 Å². The fourth-order valence-electron chi connectivity index (χ4n) is 0.881. The molecule has 0 amide bonds. The van der Waals surface area contributed by atoms with Crippen LogP contribution in [0.5, 0.6) is 0 Å². The maximum atomic E-state index is 11.9. The van der Waals surface area contributed by atoms with Gasteiger partial charge in [0.15, 0.2) is 0 Å². The van der Waals surface area contributed by atoms with Crippen LogP contribution in [-0.2, 0) is 10.8 Å². The number of rotatable bonds is 2. The third-order valence-corrected chi connectivity index (χ3v) is 3.23. The largest absolute Gasteiger partial charge is 0.400 e. The minimum Gasteiger partial charge on any atom is -0.398 e. The van der Waals surface area contributed by atoms with E-state index in [0.29, 0.717) is 0 Å². The van der Waals surface area contributed by atoms with E-state index in [4.69, 9.17) is 17.3 Å². The summed E-state index contributed by atoms with van der Waals surface area (Å²) in [6.45, 7) is 0. The molecule has 0 aliphatic heterocycles. The summed E-state index contributed by atoms with van der Waals surface area (Å²) in [5, 5.41) is 0.100. The molecule has 0 radical (unpaired) electrons. The summed E-state index contributed by atoms with van der Waals surface area (Å²) in [7, 11) is -2.14. The molecule has 1 unspecified atom stereocenters. The van der Waals surface area contributed by atoms with E-state index in [1.165, 1.54) is 18.2 Å². The number of benzene rings is 1. The Balaban J connectivity index is 2.88. The van der Waals surface area contributed by atoms with Crippen molar-refractivity contribution in [3.8, 4) is 0 Å². The molecule has 0 bridgehead atoms. The molecule has 0 saturated heterocycles. The molecule has 0 heterocycles. The summed E-state index contributed by atoms with van der Waals surface area (Å²) in [4.78, 5) is 0.0199. The Morgan fingerprint density at radius 1 is 1.40 bits per heavy atom. The Hall–Kier alpha value is -0.750. The van der Waals surface area contributed by atoms with Crippen molar-refractivity contribution in [1.29, 1.82) is 0 Å². The van der Waals surface area contributed by atoms with Gasteiger partial charge in [-0.05, 0) is 18.2 Å².